The number of nitrogens with one attached hydrogen (secondary N) is 2. The minimum atomic E-state index is -0.350. The van der Waals surface area contributed by atoms with Crippen LogP contribution in [0.3, 0.4) is 0 Å². The van der Waals surface area contributed by atoms with Crippen molar-refractivity contribution >= 4 is 11.6 Å². The van der Waals surface area contributed by atoms with E-state index in [0.29, 0.717) is 6.54 Å². The number of rotatable bonds is 7. The molecule has 8 heteroatoms. The average molecular weight is 393 g/mol. The van der Waals surface area contributed by atoms with Gasteiger partial charge in [0.1, 0.15) is 18.0 Å². The van der Waals surface area contributed by atoms with E-state index >= 15 is 0 Å². The highest BCUT2D eigenvalue weighted by molar-refractivity contribution is 5.63. The highest BCUT2D eigenvalue weighted by atomic mass is 16.3. The number of aromatic nitrogens is 4. The van der Waals surface area contributed by atoms with Crippen LogP contribution in [0.15, 0.2) is 48.9 Å². The van der Waals surface area contributed by atoms with Crippen molar-refractivity contribution in [2.24, 2.45) is 7.05 Å². The van der Waals surface area contributed by atoms with Gasteiger partial charge in [-0.3, -0.25) is 4.68 Å². The van der Waals surface area contributed by atoms with Gasteiger partial charge in [-0.25, -0.2) is 9.97 Å². The fourth-order valence-electron chi connectivity index (χ4n) is 3.94. The first kappa shape index (κ1) is 19.4. The molecule has 29 heavy (non-hydrogen) atoms. The molecule has 8 nitrogen and oxygen atoms in total. The summed E-state index contributed by atoms with van der Waals surface area (Å²) in [5.74, 6) is 1.61. The minimum Gasteiger partial charge on any atom is -0.391 e. The van der Waals surface area contributed by atoms with Crippen LogP contribution in [0.2, 0.25) is 0 Å². The Balaban J connectivity index is 1.44. The quantitative estimate of drug-likeness (QED) is 0.562. The van der Waals surface area contributed by atoms with Crippen molar-refractivity contribution in [2.45, 2.75) is 25.1 Å². The lowest BCUT2D eigenvalue weighted by molar-refractivity contribution is 0.194. The first-order valence-electron chi connectivity index (χ1n) is 9.87. The number of nitrogens with zero attached hydrogens (tertiary/aromatic N) is 5. The van der Waals surface area contributed by atoms with Gasteiger partial charge in [0.15, 0.2) is 0 Å². The van der Waals surface area contributed by atoms with E-state index in [2.05, 4.69) is 54.9 Å². The van der Waals surface area contributed by atoms with E-state index in [4.69, 9.17) is 0 Å². The van der Waals surface area contributed by atoms with Crippen LogP contribution >= 0.6 is 0 Å². The zero-order chi connectivity index (χ0) is 20.2. The molecule has 1 aliphatic rings. The van der Waals surface area contributed by atoms with Gasteiger partial charge in [-0.2, -0.15) is 5.10 Å². The molecule has 0 unspecified atom stereocenters. The molecule has 1 aromatic carbocycles. The number of benzene rings is 1. The second-order valence-electron chi connectivity index (χ2n) is 7.34. The van der Waals surface area contributed by atoms with E-state index in [-0.39, 0.29) is 12.1 Å². The fourth-order valence-corrected chi connectivity index (χ4v) is 3.94. The molecule has 0 amide bonds. The number of hydrogen-bond acceptors (Lipinski definition) is 7. The summed E-state index contributed by atoms with van der Waals surface area (Å²) in [6, 6.07) is 12.5. The van der Waals surface area contributed by atoms with Gasteiger partial charge in [0.05, 0.1) is 11.8 Å². The van der Waals surface area contributed by atoms with Crippen LogP contribution in [-0.4, -0.2) is 57.1 Å². The standard InChI is InChI=1S/C21H27N7O/c1-22-20-10-21(25-14-24-20)28-13-17(29)9-16(28)12-23-11-15-5-3-4-6-18(15)19-7-8-26-27(19)2/h3-8,10,14,16-17,23,29H,9,11-13H2,1-2H3,(H,22,24,25)/t16-,17-/m1/s1. The molecule has 1 saturated heterocycles. The lowest BCUT2D eigenvalue weighted by atomic mass is 10.0. The molecule has 2 aromatic heterocycles. The van der Waals surface area contributed by atoms with Crippen LogP contribution in [0, 0.1) is 0 Å². The SMILES string of the molecule is CNc1cc(N2C[C@H](O)C[C@@H]2CNCc2ccccc2-c2ccnn2C)ncn1. The second kappa shape index (κ2) is 8.59. The van der Waals surface area contributed by atoms with Crippen LogP contribution in [0.4, 0.5) is 11.6 Å². The van der Waals surface area contributed by atoms with Gasteiger partial charge in [-0.05, 0) is 18.1 Å². The van der Waals surface area contributed by atoms with E-state index in [1.54, 1.807) is 6.33 Å². The Morgan fingerprint density at radius 1 is 1.21 bits per heavy atom. The molecule has 3 aromatic rings. The lowest BCUT2D eigenvalue weighted by Crippen LogP contribution is -2.38. The third-order valence-corrected chi connectivity index (χ3v) is 5.41. The van der Waals surface area contributed by atoms with Crippen molar-refractivity contribution in [1.82, 2.24) is 25.1 Å². The van der Waals surface area contributed by atoms with Crippen molar-refractivity contribution in [1.29, 1.82) is 0 Å². The van der Waals surface area contributed by atoms with Crippen LogP contribution in [0.1, 0.15) is 12.0 Å². The van der Waals surface area contributed by atoms with Crippen LogP contribution in [0.5, 0.6) is 0 Å². The van der Waals surface area contributed by atoms with Crippen LogP contribution < -0.4 is 15.5 Å². The fraction of sp³-hybridized carbons (Fsp3) is 0.381. The predicted molar refractivity (Wildman–Crippen MR) is 114 cm³/mol. The predicted octanol–water partition coefficient (Wildman–Crippen LogP) is 1.65. The molecule has 1 aliphatic heterocycles. The van der Waals surface area contributed by atoms with Gasteiger partial charge in [-0.15, -0.1) is 0 Å². The summed E-state index contributed by atoms with van der Waals surface area (Å²) in [6.07, 6.45) is 3.74. The van der Waals surface area contributed by atoms with Crippen molar-refractivity contribution in [3.05, 3.63) is 54.5 Å². The average Bonchev–Trinajstić information content (AvgIpc) is 3.33. The number of aryl methyl sites for hydroxylation is 1. The molecule has 3 heterocycles. The van der Waals surface area contributed by atoms with Crippen molar-refractivity contribution < 1.29 is 5.11 Å². The Hall–Kier alpha value is -2.97. The topological polar surface area (TPSA) is 91.1 Å². The van der Waals surface area contributed by atoms with E-state index in [1.165, 1.54) is 11.1 Å². The maximum Gasteiger partial charge on any atom is 0.134 e. The summed E-state index contributed by atoms with van der Waals surface area (Å²) in [5.41, 5.74) is 3.50. The first-order valence-corrected chi connectivity index (χ1v) is 9.87. The molecule has 0 saturated carbocycles. The molecular formula is C21H27N7O. The van der Waals surface area contributed by atoms with Gasteiger partial charge in [0.2, 0.25) is 0 Å². The monoisotopic (exact) mass is 393 g/mol. The largest absolute Gasteiger partial charge is 0.391 e. The smallest absolute Gasteiger partial charge is 0.134 e. The summed E-state index contributed by atoms with van der Waals surface area (Å²) in [5, 5.41) is 21.1. The molecule has 0 aliphatic carbocycles. The van der Waals surface area contributed by atoms with Gasteiger partial charge in [-0.1, -0.05) is 24.3 Å². The molecular weight excluding hydrogens is 366 g/mol. The Kier molecular flexibility index (Phi) is 5.73. The Morgan fingerprint density at radius 3 is 2.86 bits per heavy atom. The first-order chi connectivity index (χ1) is 14.2. The highest BCUT2D eigenvalue weighted by Gasteiger charge is 2.31. The molecule has 0 spiro atoms. The third kappa shape index (κ3) is 4.23. The number of aliphatic hydroxyl groups is 1. The van der Waals surface area contributed by atoms with Crippen molar-refractivity contribution in [3.63, 3.8) is 0 Å². The molecule has 3 N–H and O–H groups in total. The van der Waals surface area contributed by atoms with Gasteiger partial charge >= 0.3 is 0 Å². The van der Waals surface area contributed by atoms with Crippen molar-refractivity contribution in [3.8, 4) is 11.3 Å². The molecule has 4 rings (SSSR count). The summed E-state index contributed by atoms with van der Waals surface area (Å²) in [4.78, 5) is 10.7. The zero-order valence-electron chi connectivity index (χ0n) is 16.8. The van der Waals surface area contributed by atoms with E-state index in [0.717, 1.165) is 36.8 Å². The third-order valence-electron chi connectivity index (χ3n) is 5.41. The Bertz CT molecular complexity index is 957. The zero-order valence-corrected chi connectivity index (χ0v) is 16.8. The molecule has 0 bridgehead atoms. The number of β-amino-alcohol motifs (C(OH)–C–C–N with tert-alkyl or cyclic N) is 1. The minimum absolute atomic E-state index is 0.175. The molecule has 2 atom stereocenters. The molecule has 0 radical (unpaired) electrons. The van der Waals surface area contributed by atoms with Gasteiger partial charge in [0.25, 0.3) is 0 Å². The summed E-state index contributed by atoms with van der Waals surface area (Å²) in [6.45, 7) is 2.08. The Labute approximate surface area is 170 Å². The van der Waals surface area contributed by atoms with Gasteiger partial charge < -0.3 is 20.6 Å². The molecule has 152 valence electrons. The second-order valence-corrected chi connectivity index (χ2v) is 7.34. The normalized spacial score (nSPS) is 18.9. The Morgan fingerprint density at radius 2 is 2.07 bits per heavy atom. The summed E-state index contributed by atoms with van der Waals surface area (Å²) >= 11 is 0. The van der Waals surface area contributed by atoms with E-state index < -0.39 is 0 Å². The summed E-state index contributed by atoms with van der Waals surface area (Å²) in [7, 11) is 3.79. The molecule has 1 fully saturated rings. The maximum atomic E-state index is 10.2. The highest BCUT2D eigenvalue weighted by Crippen LogP contribution is 2.26. The number of hydrogen-bond donors (Lipinski definition) is 3. The van der Waals surface area contributed by atoms with Crippen LogP contribution in [-0.2, 0) is 13.6 Å². The van der Waals surface area contributed by atoms with E-state index in [1.807, 2.05) is 37.1 Å². The van der Waals surface area contributed by atoms with E-state index in [9.17, 15) is 5.11 Å². The summed E-state index contributed by atoms with van der Waals surface area (Å²) < 4.78 is 1.89. The maximum absolute atomic E-state index is 10.2. The number of aliphatic hydroxyl groups excluding tert-OH is 1. The van der Waals surface area contributed by atoms with Crippen molar-refractivity contribution in [2.75, 3.05) is 30.4 Å². The van der Waals surface area contributed by atoms with Gasteiger partial charge in [0, 0.05) is 57.6 Å². The number of anilines is 2. The van der Waals surface area contributed by atoms with Crippen LogP contribution in [0.25, 0.3) is 11.3 Å². The lowest BCUT2D eigenvalue weighted by Gasteiger charge is -2.26.